The van der Waals surface area contributed by atoms with E-state index < -0.39 is 8.07 Å². The number of fused-ring (bicyclic) bond motifs is 7. The number of aryl methyl sites for hydroxylation is 1. The van der Waals surface area contributed by atoms with E-state index in [1.165, 1.54) is 59.0 Å². The summed E-state index contributed by atoms with van der Waals surface area (Å²) in [7, 11) is -3.05. The Morgan fingerprint density at radius 3 is 1.67 bits per heavy atom. The zero-order chi connectivity index (χ0) is 35.8. The lowest BCUT2D eigenvalue weighted by molar-refractivity contribution is 0.465. The monoisotopic (exact) mass is 707 g/mol. The van der Waals surface area contributed by atoms with Gasteiger partial charge in [-0.25, -0.2) is 0 Å². The Hall–Kier alpha value is -6.56. The Kier molecular flexibility index (Phi) is 6.88. The average Bonchev–Trinajstić information content (AvgIpc) is 3.56. The third-order valence-electron chi connectivity index (χ3n) is 11.5. The van der Waals surface area contributed by atoms with Gasteiger partial charge in [0.1, 0.15) is 23.0 Å². The highest BCUT2D eigenvalue weighted by Gasteiger charge is 2.46. The lowest BCUT2D eigenvalue weighted by atomic mass is 9.35. The van der Waals surface area contributed by atoms with Gasteiger partial charge in [-0.05, 0) is 92.7 Å². The highest BCUT2D eigenvalue weighted by Crippen LogP contribution is 2.35. The Labute approximate surface area is 315 Å². The van der Waals surface area contributed by atoms with Gasteiger partial charge in [-0.1, -0.05) is 140 Å². The summed E-state index contributed by atoms with van der Waals surface area (Å²) in [4.78, 5) is 0. The van der Waals surface area contributed by atoms with E-state index >= 15 is 0 Å². The van der Waals surface area contributed by atoms with Crippen molar-refractivity contribution < 1.29 is 9.47 Å². The highest BCUT2D eigenvalue weighted by molar-refractivity contribution is 7.20. The first kappa shape index (κ1) is 31.0. The number of para-hydroxylation sites is 3. The number of hydrogen-bond acceptors (Lipinski definition) is 2. The minimum atomic E-state index is -3.05. The summed E-state index contributed by atoms with van der Waals surface area (Å²) in [6, 6.07) is 68.7. The summed E-state index contributed by atoms with van der Waals surface area (Å²) in [5.74, 6) is 3.53. The summed E-state index contributed by atoms with van der Waals surface area (Å²) in [6.07, 6.45) is 0. The first-order valence-corrected chi connectivity index (χ1v) is 20.6. The summed E-state index contributed by atoms with van der Waals surface area (Å²) in [5, 5.41) is 7.58. The van der Waals surface area contributed by atoms with Gasteiger partial charge >= 0.3 is 0 Å². The van der Waals surface area contributed by atoms with E-state index in [0.29, 0.717) is 0 Å². The fraction of sp³-hybridized carbons (Fsp3) is 0.0204. The van der Waals surface area contributed by atoms with Crippen LogP contribution in [0.5, 0.6) is 23.0 Å². The molecule has 0 unspecified atom stereocenters. The molecule has 2 aliphatic rings. The SMILES string of the molecule is Cc1ccc2c(c1)Oc1cc([Si](c3ccccc3)(c3ccccc3)c3cccc(-n4c5ccccc5c5ccccc54)c3)cc3c1B2c1ccccc1O3. The largest absolute Gasteiger partial charge is 0.458 e. The van der Waals surface area contributed by atoms with E-state index in [1.807, 2.05) is 0 Å². The van der Waals surface area contributed by atoms with Crippen molar-refractivity contribution in [2.75, 3.05) is 0 Å². The van der Waals surface area contributed by atoms with Gasteiger partial charge in [0.15, 0.2) is 8.07 Å². The molecule has 254 valence electrons. The molecule has 54 heavy (non-hydrogen) atoms. The van der Waals surface area contributed by atoms with Crippen LogP contribution < -0.4 is 46.6 Å². The standard InChI is InChI=1S/C49H34BNO2Si/c1-33-27-28-42-46(29-33)53-48-32-38(31-47-49(48)50(42)41-23-10-13-26-45(41)52-47)54(35-16-4-2-5-17-35,36-18-6-3-7-19-36)37-20-14-15-34(30-37)51-43-24-11-8-21-39(43)40-22-9-12-25-44(40)51/h2-32H,1H3. The molecule has 0 fully saturated rings. The molecule has 5 heteroatoms. The molecule has 0 bridgehead atoms. The second-order valence-electron chi connectivity index (χ2n) is 14.5. The van der Waals surface area contributed by atoms with Crippen LogP contribution in [0.4, 0.5) is 0 Å². The number of benzene rings is 8. The van der Waals surface area contributed by atoms with E-state index in [0.717, 1.165) is 34.1 Å². The third-order valence-corrected chi connectivity index (χ3v) is 16.2. The molecule has 2 aliphatic heterocycles. The van der Waals surface area contributed by atoms with Gasteiger partial charge in [0.05, 0.1) is 11.0 Å². The van der Waals surface area contributed by atoms with Crippen LogP contribution in [0.1, 0.15) is 5.56 Å². The quantitative estimate of drug-likeness (QED) is 0.140. The molecule has 0 saturated heterocycles. The number of rotatable bonds is 5. The number of aromatic nitrogens is 1. The first-order valence-electron chi connectivity index (χ1n) is 18.6. The van der Waals surface area contributed by atoms with Crippen LogP contribution in [0.3, 0.4) is 0 Å². The highest BCUT2D eigenvalue weighted by atomic mass is 28.3. The van der Waals surface area contributed by atoms with E-state index in [1.54, 1.807) is 0 Å². The molecule has 0 spiro atoms. The predicted molar refractivity (Wildman–Crippen MR) is 227 cm³/mol. The Balaban J connectivity index is 1.22. The van der Waals surface area contributed by atoms with Crippen molar-refractivity contribution >= 4 is 73.7 Å². The molecular formula is C49H34BNO2Si. The van der Waals surface area contributed by atoms with Gasteiger partial charge < -0.3 is 14.0 Å². The summed E-state index contributed by atoms with van der Waals surface area (Å²) in [5.41, 5.74) is 8.14. The number of hydrogen-bond donors (Lipinski definition) is 0. The van der Waals surface area contributed by atoms with Crippen molar-refractivity contribution in [3.05, 3.63) is 194 Å². The fourth-order valence-corrected chi connectivity index (χ4v) is 14.0. The Bertz CT molecular complexity index is 2830. The van der Waals surface area contributed by atoms with Crippen molar-refractivity contribution in [1.29, 1.82) is 0 Å². The van der Waals surface area contributed by atoms with E-state index in [-0.39, 0.29) is 6.71 Å². The van der Waals surface area contributed by atoms with Crippen molar-refractivity contribution in [3.63, 3.8) is 0 Å². The zero-order valence-electron chi connectivity index (χ0n) is 29.7. The molecular weight excluding hydrogens is 673 g/mol. The van der Waals surface area contributed by atoms with Crippen LogP contribution in [0.2, 0.25) is 0 Å². The van der Waals surface area contributed by atoms with Crippen molar-refractivity contribution in [2.45, 2.75) is 6.92 Å². The maximum absolute atomic E-state index is 6.98. The molecule has 0 amide bonds. The molecule has 3 nitrogen and oxygen atoms in total. The van der Waals surface area contributed by atoms with Crippen molar-refractivity contribution in [1.82, 2.24) is 4.57 Å². The summed E-state index contributed by atoms with van der Waals surface area (Å²) < 4.78 is 16.3. The molecule has 11 rings (SSSR count). The van der Waals surface area contributed by atoms with Gasteiger partial charge in [0, 0.05) is 21.9 Å². The average molecular weight is 708 g/mol. The van der Waals surface area contributed by atoms with Crippen LogP contribution in [0.15, 0.2) is 188 Å². The zero-order valence-corrected chi connectivity index (χ0v) is 30.7. The topological polar surface area (TPSA) is 23.4 Å². The van der Waals surface area contributed by atoms with Crippen LogP contribution in [-0.4, -0.2) is 19.4 Å². The first-order chi connectivity index (χ1) is 26.7. The third kappa shape index (κ3) is 4.49. The normalized spacial score (nSPS) is 12.8. The van der Waals surface area contributed by atoms with Crippen LogP contribution in [0, 0.1) is 6.92 Å². The predicted octanol–water partition coefficient (Wildman–Crippen LogP) is 7.20. The van der Waals surface area contributed by atoms with Crippen molar-refractivity contribution in [3.8, 4) is 28.7 Å². The Morgan fingerprint density at radius 1 is 0.426 bits per heavy atom. The summed E-state index contributed by atoms with van der Waals surface area (Å²) in [6.45, 7) is 2.15. The fourth-order valence-electron chi connectivity index (χ4n) is 9.22. The van der Waals surface area contributed by atoms with Gasteiger partial charge in [-0.3, -0.25) is 0 Å². The van der Waals surface area contributed by atoms with Gasteiger partial charge in [-0.15, -0.1) is 0 Å². The molecule has 0 radical (unpaired) electrons. The van der Waals surface area contributed by atoms with Crippen LogP contribution in [0.25, 0.3) is 27.5 Å². The summed E-state index contributed by atoms with van der Waals surface area (Å²) >= 11 is 0. The minimum Gasteiger partial charge on any atom is -0.458 e. The maximum Gasteiger partial charge on any atom is 0.260 e. The van der Waals surface area contributed by atoms with Gasteiger partial charge in [0.2, 0.25) is 0 Å². The van der Waals surface area contributed by atoms with Crippen LogP contribution in [-0.2, 0) is 0 Å². The molecule has 0 atom stereocenters. The van der Waals surface area contributed by atoms with Gasteiger partial charge in [-0.2, -0.15) is 0 Å². The lowest BCUT2D eigenvalue weighted by Crippen LogP contribution is -2.75. The van der Waals surface area contributed by atoms with Gasteiger partial charge in [0.25, 0.3) is 6.71 Å². The smallest absolute Gasteiger partial charge is 0.260 e. The maximum atomic E-state index is 6.98. The van der Waals surface area contributed by atoms with E-state index in [4.69, 9.17) is 9.47 Å². The second-order valence-corrected chi connectivity index (χ2v) is 18.3. The molecule has 1 aromatic heterocycles. The number of ether oxygens (including phenoxy) is 2. The van der Waals surface area contributed by atoms with Crippen LogP contribution >= 0.6 is 0 Å². The molecule has 0 N–H and O–H groups in total. The molecule has 9 aromatic rings. The lowest BCUT2D eigenvalue weighted by Gasteiger charge is -2.38. The number of nitrogens with zero attached hydrogens (tertiary/aromatic N) is 1. The minimum absolute atomic E-state index is 0.0153. The second kappa shape index (κ2) is 12.0. The molecule has 0 saturated carbocycles. The molecule has 0 aliphatic carbocycles. The van der Waals surface area contributed by atoms with E-state index in [2.05, 4.69) is 200 Å². The van der Waals surface area contributed by atoms with Crippen molar-refractivity contribution in [2.24, 2.45) is 0 Å². The Morgan fingerprint density at radius 2 is 0.981 bits per heavy atom. The van der Waals surface area contributed by atoms with E-state index in [9.17, 15) is 0 Å². The molecule has 8 aromatic carbocycles. The molecule has 3 heterocycles.